The summed E-state index contributed by atoms with van der Waals surface area (Å²) in [5.74, 6) is 0.741. The zero-order valence-electron chi connectivity index (χ0n) is 11.2. The van der Waals surface area contributed by atoms with Gasteiger partial charge in [0.05, 0.1) is 25.6 Å². The van der Waals surface area contributed by atoms with Crippen molar-refractivity contribution in [1.29, 1.82) is 0 Å². The number of aliphatic hydroxyl groups excluding tert-OH is 1. The molecule has 108 valence electrons. The van der Waals surface area contributed by atoms with Gasteiger partial charge in [-0.15, -0.1) is 0 Å². The van der Waals surface area contributed by atoms with Crippen molar-refractivity contribution in [2.75, 3.05) is 13.2 Å². The molecule has 0 amide bonds. The fourth-order valence-corrected chi connectivity index (χ4v) is 1.61. The maximum Gasteiger partial charge on any atom is 0.129 e. The molecule has 0 aliphatic carbocycles. The van der Waals surface area contributed by atoms with Gasteiger partial charge in [-0.05, 0) is 17.7 Å². The van der Waals surface area contributed by atoms with E-state index in [1.54, 1.807) is 12.3 Å². The van der Waals surface area contributed by atoms with Crippen molar-refractivity contribution in [2.24, 2.45) is 0 Å². The number of aliphatic hydroxyl groups is 1. The maximum atomic E-state index is 9.68. The predicted molar refractivity (Wildman–Crippen MR) is 73.6 cm³/mol. The first kappa shape index (κ1) is 14.7. The summed E-state index contributed by atoms with van der Waals surface area (Å²) in [5.41, 5.74) is 3.80. The van der Waals surface area contributed by atoms with Crippen LogP contribution in [0, 0.1) is 0 Å². The minimum absolute atomic E-state index is 0.225. The van der Waals surface area contributed by atoms with Gasteiger partial charge in [0.25, 0.3) is 0 Å². The smallest absolute Gasteiger partial charge is 0.129 e. The first-order valence-electron chi connectivity index (χ1n) is 6.51. The van der Waals surface area contributed by atoms with E-state index in [-0.39, 0.29) is 6.61 Å². The number of hydrogen-bond acceptors (Lipinski definition) is 5. The molecule has 1 unspecified atom stereocenters. The van der Waals surface area contributed by atoms with Crippen LogP contribution in [0.3, 0.4) is 0 Å². The van der Waals surface area contributed by atoms with Gasteiger partial charge in [0.15, 0.2) is 0 Å². The molecule has 1 heterocycles. The van der Waals surface area contributed by atoms with E-state index in [4.69, 9.17) is 14.0 Å². The minimum atomic E-state index is -0.624. The highest BCUT2D eigenvalue weighted by atomic mass is 16.6. The molecule has 2 aromatic rings. The molecular formula is C15H19NO4. The van der Waals surface area contributed by atoms with Crippen molar-refractivity contribution in [3.05, 3.63) is 60.1 Å². The third kappa shape index (κ3) is 5.54. The number of furan rings is 1. The average Bonchev–Trinajstić information content (AvgIpc) is 2.98. The Labute approximate surface area is 118 Å². The summed E-state index contributed by atoms with van der Waals surface area (Å²) >= 11 is 0. The summed E-state index contributed by atoms with van der Waals surface area (Å²) in [6, 6.07) is 13.4. The van der Waals surface area contributed by atoms with Gasteiger partial charge in [-0.1, -0.05) is 30.3 Å². The molecule has 0 fully saturated rings. The van der Waals surface area contributed by atoms with Gasteiger partial charge in [-0.2, -0.15) is 5.48 Å². The van der Waals surface area contributed by atoms with Crippen LogP contribution in [0.5, 0.6) is 0 Å². The zero-order valence-corrected chi connectivity index (χ0v) is 11.2. The second kappa shape index (κ2) is 8.50. The van der Waals surface area contributed by atoms with E-state index < -0.39 is 6.10 Å². The Kier molecular flexibility index (Phi) is 6.26. The van der Waals surface area contributed by atoms with Crippen molar-refractivity contribution < 1.29 is 19.1 Å². The van der Waals surface area contributed by atoms with Crippen LogP contribution in [0.2, 0.25) is 0 Å². The van der Waals surface area contributed by atoms with Crippen molar-refractivity contribution >= 4 is 0 Å². The lowest BCUT2D eigenvalue weighted by molar-refractivity contribution is -0.0265. The molecule has 1 atom stereocenters. The number of hydroxylamine groups is 1. The van der Waals surface area contributed by atoms with E-state index in [9.17, 15) is 5.11 Å². The molecule has 1 aromatic heterocycles. The van der Waals surface area contributed by atoms with Crippen LogP contribution in [0.1, 0.15) is 11.3 Å². The van der Waals surface area contributed by atoms with E-state index >= 15 is 0 Å². The van der Waals surface area contributed by atoms with Crippen molar-refractivity contribution in [1.82, 2.24) is 5.48 Å². The van der Waals surface area contributed by atoms with Crippen LogP contribution >= 0.6 is 0 Å². The van der Waals surface area contributed by atoms with Gasteiger partial charge >= 0.3 is 0 Å². The van der Waals surface area contributed by atoms with Gasteiger partial charge in [-0.25, -0.2) is 0 Å². The Morgan fingerprint density at radius 1 is 1.10 bits per heavy atom. The average molecular weight is 277 g/mol. The molecule has 2 N–H and O–H groups in total. The van der Waals surface area contributed by atoms with Gasteiger partial charge in [-0.3, -0.25) is 4.84 Å². The lowest BCUT2D eigenvalue weighted by atomic mass is 10.2. The first-order valence-corrected chi connectivity index (χ1v) is 6.51. The van der Waals surface area contributed by atoms with E-state index in [1.165, 1.54) is 0 Å². The highest BCUT2D eigenvalue weighted by Gasteiger charge is 2.05. The molecule has 2 rings (SSSR count). The number of ether oxygens (including phenoxy) is 1. The van der Waals surface area contributed by atoms with Crippen LogP contribution in [0.25, 0.3) is 0 Å². The summed E-state index contributed by atoms with van der Waals surface area (Å²) in [6.45, 7) is 1.35. The van der Waals surface area contributed by atoms with Gasteiger partial charge in [0.1, 0.15) is 12.4 Å². The quantitative estimate of drug-likeness (QED) is 0.541. The highest BCUT2D eigenvalue weighted by Crippen LogP contribution is 2.02. The monoisotopic (exact) mass is 277 g/mol. The predicted octanol–water partition coefficient (Wildman–Crippen LogP) is 1.88. The molecule has 20 heavy (non-hydrogen) atoms. The molecule has 5 heteroatoms. The van der Waals surface area contributed by atoms with Gasteiger partial charge in [0, 0.05) is 6.54 Å². The lowest BCUT2D eigenvalue weighted by Crippen LogP contribution is -2.30. The molecule has 5 nitrogen and oxygen atoms in total. The molecule has 0 aliphatic heterocycles. The van der Waals surface area contributed by atoms with Crippen molar-refractivity contribution in [2.45, 2.75) is 19.3 Å². The number of rotatable bonds is 9. The fraction of sp³-hybridized carbons (Fsp3) is 0.333. The van der Waals surface area contributed by atoms with E-state index in [1.807, 2.05) is 36.4 Å². The summed E-state index contributed by atoms with van der Waals surface area (Å²) in [7, 11) is 0. The Morgan fingerprint density at radius 2 is 1.95 bits per heavy atom. The largest absolute Gasteiger partial charge is 0.467 e. The number of nitrogens with one attached hydrogen (secondary N) is 1. The van der Waals surface area contributed by atoms with E-state index in [2.05, 4.69) is 5.48 Å². The van der Waals surface area contributed by atoms with E-state index in [0.717, 1.165) is 11.3 Å². The molecule has 0 saturated heterocycles. The normalized spacial score (nSPS) is 12.4. The fourth-order valence-electron chi connectivity index (χ4n) is 1.61. The molecular weight excluding hydrogens is 258 g/mol. The molecule has 0 aliphatic rings. The molecule has 0 spiro atoms. The molecule has 0 bridgehead atoms. The SMILES string of the molecule is OC(CNOCc1ccccc1)COCc1ccco1. The highest BCUT2D eigenvalue weighted by molar-refractivity contribution is 5.13. The molecule has 0 saturated carbocycles. The minimum Gasteiger partial charge on any atom is -0.467 e. The first-order chi connectivity index (χ1) is 9.84. The summed E-state index contributed by atoms with van der Waals surface area (Å²) in [5, 5.41) is 9.68. The second-order valence-electron chi connectivity index (χ2n) is 4.37. The number of benzene rings is 1. The van der Waals surface area contributed by atoms with Crippen LogP contribution in [-0.4, -0.2) is 24.4 Å². The Hall–Kier alpha value is -1.66. The maximum absolute atomic E-state index is 9.68. The standard InChI is InChI=1S/C15H19NO4/c17-14(11-18-12-15-7-4-8-19-15)9-16-20-10-13-5-2-1-3-6-13/h1-8,14,16-17H,9-12H2. The number of hydrogen-bond donors (Lipinski definition) is 2. The Bertz CT molecular complexity index is 458. The topological polar surface area (TPSA) is 63.9 Å². The van der Waals surface area contributed by atoms with E-state index in [0.29, 0.717) is 19.8 Å². The summed E-state index contributed by atoms with van der Waals surface area (Å²) < 4.78 is 10.4. The third-order valence-electron chi connectivity index (χ3n) is 2.64. The van der Waals surface area contributed by atoms with Crippen LogP contribution in [0.15, 0.2) is 53.1 Å². The van der Waals surface area contributed by atoms with Gasteiger partial charge in [0.2, 0.25) is 0 Å². The van der Waals surface area contributed by atoms with Crippen molar-refractivity contribution in [3.8, 4) is 0 Å². The lowest BCUT2D eigenvalue weighted by Gasteiger charge is -2.12. The van der Waals surface area contributed by atoms with Crippen LogP contribution < -0.4 is 5.48 Å². The van der Waals surface area contributed by atoms with Crippen LogP contribution in [-0.2, 0) is 22.8 Å². The Morgan fingerprint density at radius 3 is 2.70 bits per heavy atom. The van der Waals surface area contributed by atoms with Gasteiger partial charge < -0.3 is 14.3 Å². The second-order valence-corrected chi connectivity index (χ2v) is 4.37. The van der Waals surface area contributed by atoms with Crippen molar-refractivity contribution in [3.63, 3.8) is 0 Å². The molecule has 0 radical (unpaired) electrons. The zero-order chi connectivity index (χ0) is 14.0. The van der Waals surface area contributed by atoms with Crippen LogP contribution in [0.4, 0.5) is 0 Å². The molecule has 1 aromatic carbocycles. The Balaban J connectivity index is 1.51. The summed E-state index contributed by atoms with van der Waals surface area (Å²) in [6.07, 6.45) is 0.967. The third-order valence-corrected chi connectivity index (χ3v) is 2.64. The summed E-state index contributed by atoms with van der Waals surface area (Å²) in [4.78, 5) is 5.26.